The average Bonchev–Trinajstić information content (AvgIpc) is 2.96. The monoisotopic (exact) mass is 399 g/mol. The molecule has 0 spiro atoms. The van der Waals surface area contributed by atoms with Gasteiger partial charge in [0.1, 0.15) is 0 Å². The van der Waals surface area contributed by atoms with Gasteiger partial charge in [-0.2, -0.15) is 0 Å². The van der Waals surface area contributed by atoms with Crippen molar-refractivity contribution in [2.75, 3.05) is 18.8 Å². The molecule has 3 nitrogen and oxygen atoms in total. The molecular weight excluding hydrogens is 382 g/mol. The maximum Gasteiger partial charge on any atom is 0.179 e. The maximum absolute atomic E-state index is 12.4. The van der Waals surface area contributed by atoms with E-state index in [9.17, 15) is 8.42 Å². The zero-order valence-electron chi connectivity index (χ0n) is 12.3. The second kappa shape index (κ2) is 6.43. The van der Waals surface area contributed by atoms with Crippen molar-refractivity contribution in [2.45, 2.75) is 24.3 Å². The van der Waals surface area contributed by atoms with Gasteiger partial charge in [-0.15, -0.1) is 11.3 Å². The summed E-state index contributed by atoms with van der Waals surface area (Å²) in [5.41, 5.74) is 1.36. The summed E-state index contributed by atoms with van der Waals surface area (Å²) in [5.74, 6) is 0.165. The Kier molecular flexibility index (Phi) is 4.73. The van der Waals surface area contributed by atoms with E-state index in [0.29, 0.717) is 17.5 Å². The molecule has 0 saturated carbocycles. The summed E-state index contributed by atoms with van der Waals surface area (Å²) in [7, 11) is -3.22. The summed E-state index contributed by atoms with van der Waals surface area (Å²) >= 11 is 5.13. The Balaban J connectivity index is 1.69. The molecule has 6 heteroatoms. The zero-order chi connectivity index (χ0) is 15.7. The highest BCUT2D eigenvalue weighted by Gasteiger charge is 2.26. The Hall–Kier alpha value is -0.690. The lowest BCUT2D eigenvalue weighted by molar-refractivity contribution is 0.212. The van der Waals surface area contributed by atoms with E-state index in [2.05, 4.69) is 39.2 Å². The first-order chi connectivity index (χ1) is 10.5. The smallest absolute Gasteiger partial charge is 0.179 e. The van der Waals surface area contributed by atoms with Crippen LogP contribution in [0, 0.1) is 0 Å². The van der Waals surface area contributed by atoms with E-state index in [-0.39, 0.29) is 5.75 Å². The summed E-state index contributed by atoms with van der Waals surface area (Å²) in [6.07, 6.45) is 1.02. The second-order valence-electron chi connectivity index (χ2n) is 5.53. The standard InChI is InChI=1S/C16H18BrNO2S2/c1-12-15-7-10-21-16(15)6-8-18(12)9-11-22(19,20)14-4-2-13(17)3-5-14/h2-5,7,10,12H,6,8-9,11H2,1H3/t12-/m0/s1. The van der Waals surface area contributed by atoms with Crippen LogP contribution in [0.3, 0.4) is 0 Å². The summed E-state index contributed by atoms with van der Waals surface area (Å²) in [6.45, 7) is 3.68. The van der Waals surface area contributed by atoms with Crippen LogP contribution in [-0.2, 0) is 16.3 Å². The van der Waals surface area contributed by atoms with Crippen LogP contribution >= 0.6 is 27.3 Å². The van der Waals surface area contributed by atoms with E-state index >= 15 is 0 Å². The first-order valence-corrected chi connectivity index (χ1v) is 10.6. The average molecular weight is 400 g/mol. The number of benzene rings is 1. The topological polar surface area (TPSA) is 37.4 Å². The molecule has 0 N–H and O–H groups in total. The Labute approximate surface area is 144 Å². The van der Waals surface area contributed by atoms with Crippen LogP contribution in [0.15, 0.2) is 45.1 Å². The molecular formula is C16H18BrNO2S2. The highest BCUT2D eigenvalue weighted by Crippen LogP contribution is 2.32. The van der Waals surface area contributed by atoms with Crippen molar-refractivity contribution < 1.29 is 8.42 Å². The molecule has 1 aliphatic rings. The van der Waals surface area contributed by atoms with Crippen molar-refractivity contribution in [1.82, 2.24) is 4.90 Å². The highest BCUT2D eigenvalue weighted by atomic mass is 79.9. The van der Waals surface area contributed by atoms with E-state index in [4.69, 9.17) is 0 Å². The molecule has 118 valence electrons. The van der Waals surface area contributed by atoms with Crippen molar-refractivity contribution in [2.24, 2.45) is 0 Å². The van der Waals surface area contributed by atoms with Gasteiger partial charge in [0.2, 0.25) is 0 Å². The van der Waals surface area contributed by atoms with E-state index in [0.717, 1.165) is 17.4 Å². The molecule has 0 unspecified atom stereocenters. The number of fused-ring (bicyclic) bond motifs is 1. The van der Waals surface area contributed by atoms with Gasteiger partial charge in [-0.05, 0) is 54.6 Å². The normalized spacial score (nSPS) is 19.1. The van der Waals surface area contributed by atoms with Crippen LogP contribution in [0.5, 0.6) is 0 Å². The lowest BCUT2D eigenvalue weighted by Crippen LogP contribution is -2.36. The van der Waals surface area contributed by atoms with Crippen LogP contribution in [0.1, 0.15) is 23.4 Å². The van der Waals surface area contributed by atoms with Gasteiger partial charge in [0.05, 0.1) is 10.6 Å². The van der Waals surface area contributed by atoms with Gasteiger partial charge < -0.3 is 0 Å². The van der Waals surface area contributed by atoms with Gasteiger partial charge in [0.25, 0.3) is 0 Å². The Morgan fingerprint density at radius 3 is 2.73 bits per heavy atom. The quantitative estimate of drug-likeness (QED) is 0.781. The molecule has 2 aromatic rings. The number of halogens is 1. The molecule has 2 heterocycles. The number of nitrogens with zero attached hydrogens (tertiary/aromatic N) is 1. The lowest BCUT2D eigenvalue weighted by Gasteiger charge is -2.33. The van der Waals surface area contributed by atoms with E-state index in [1.165, 1.54) is 10.4 Å². The molecule has 0 bridgehead atoms. The van der Waals surface area contributed by atoms with Crippen LogP contribution in [0.25, 0.3) is 0 Å². The molecule has 1 aromatic heterocycles. The minimum absolute atomic E-state index is 0.165. The summed E-state index contributed by atoms with van der Waals surface area (Å²) in [5, 5.41) is 2.13. The third-order valence-corrected chi connectivity index (χ3v) is 7.46. The molecule has 0 amide bonds. The third-order valence-electron chi connectivity index (χ3n) is 4.22. The van der Waals surface area contributed by atoms with Crippen molar-refractivity contribution in [3.05, 3.63) is 50.6 Å². The maximum atomic E-state index is 12.4. The fourth-order valence-corrected chi connectivity index (χ4v) is 5.35. The minimum atomic E-state index is -3.22. The second-order valence-corrected chi connectivity index (χ2v) is 9.56. The Morgan fingerprint density at radius 2 is 2.00 bits per heavy atom. The lowest BCUT2D eigenvalue weighted by atomic mass is 10.0. The fourth-order valence-electron chi connectivity index (χ4n) is 2.86. The number of hydrogen-bond donors (Lipinski definition) is 0. The van der Waals surface area contributed by atoms with Gasteiger partial charge in [0, 0.05) is 28.5 Å². The molecule has 0 fully saturated rings. The number of thiophene rings is 1. The highest BCUT2D eigenvalue weighted by molar-refractivity contribution is 9.10. The van der Waals surface area contributed by atoms with Crippen LogP contribution < -0.4 is 0 Å². The van der Waals surface area contributed by atoms with Crippen LogP contribution in [0.4, 0.5) is 0 Å². The molecule has 22 heavy (non-hydrogen) atoms. The molecule has 0 aliphatic carbocycles. The van der Waals surface area contributed by atoms with Gasteiger partial charge in [-0.1, -0.05) is 15.9 Å². The predicted octanol–water partition coefficient (Wildman–Crippen LogP) is 3.90. The summed E-state index contributed by atoms with van der Waals surface area (Å²) in [6, 6.07) is 9.34. The van der Waals surface area contributed by atoms with Gasteiger partial charge in [0.15, 0.2) is 9.84 Å². The first kappa shape index (κ1) is 16.2. The van der Waals surface area contributed by atoms with Gasteiger partial charge in [-0.3, -0.25) is 4.90 Å². The molecule has 1 aromatic carbocycles. The number of hydrogen-bond acceptors (Lipinski definition) is 4. The number of rotatable bonds is 4. The van der Waals surface area contributed by atoms with E-state index < -0.39 is 9.84 Å². The van der Waals surface area contributed by atoms with Crippen LogP contribution in [0.2, 0.25) is 0 Å². The Morgan fingerprint density at radius 1 is 1.27 bits per heavy atom. The van der Waals surface area contributed by atoms with Crippen molar-refractivity contribution in [3.63, 3.8) is 0 Å². The zero-order valence-corrected chi connectivity index (χ0v) is 15.5. The fraction of sp³-hybridized carbons (Fsp3) is 0.375. The van der Waals surface area contributed by atoms with Crippen molar-refractivity contribution >= 4 is 37.1 Å². The van der Waals surface area contributed by atoms with Crippen molar-refractivity contribution in [3.8, 4) is 0 Å². The Bertz CT molecular complexity index is 753. The van der Waals surface area contributed by atoms with Gasteiger partial charge >= 0.3 is 0 Å². The minimum Gasteiger partial charge on any atom is -0.295 e. The molecule has 0 radical (unpaired) electrons. The van der Waals surface area contributed by atoms with E-state index in [1.807, 2.05) is 0 Å². The molecule has 3 rings (SSSR count). The SMILES string of the molecule is C[C@H]1c2ccsc2CCN1CCS(=O)(=O)c1ccc(Br)cc1. The summed E-state index contributed by atoms with van der Waals surface area (Å²) in [4.78, 5) is 4.11. The van der Waals surface area contributed by atoms with Crippen molar-refractivity contribution in [1.29, 1.82) is 0 Å². The largest absolute Gasteiger partial charge is 0.295 e. The third kappa shape index (κ3) is 3.30. The summed E-state index contributed by atoms with van der Waals surface area (Å²) < 4.78 is 25.8. The first-order valence-electron chi connectivity index (χ1n) is 7.26. The molecule has 1 atom stereocenters. The van der Waals surface area contributed by atoms with Crippen LogP contribution in [-0.4, -0.2) is 32.2 Å². The molecule has 1 aliphatic heterocycles. The number of sulfone groups is 1. The van der Waals surface area contributed by atoms with E-state index in [1.54, 1.807) is 35.6 Å². The predicted molar refractivity (Wildman–Crippen MR) is 94.2 cm³/mol. The van der Waals surface area contributed by atoms with Gasteiger partial charge in [-0.25, -0.2) is 8.42 Å². The molecule has 0 saturated heterocycles.